The van der Waals surface area contributed by atoms with Gasteiger partial charge in [0.15, 0.2) is 5.58 Å². The fourth-order valence-corrected chi connectivity index (χ4v) is 4.04. The molecule has 0 fully saturated rings. The van der Waals surface area contributed by atoms with Gasteiger partial charge < -0.3 is 24.7 Å². The lowest BCUT2D eigenvalue weighted by molar-refractivity contribution is 0.284. The maximum atomic E-state index is 13.2. The highest BCUT2D eigenvalue weighted by molar-refractivity contribution is 14.1. The number of aliphatic hydroxyl groups is 1. The molecule has 9 heteroatoms. The van der Waals surface area contributed by atoms with Crippen molar-refractivity contribution < 1.29 is 18.7 Å². The van der Waals surface area contributed by atoms with E-state index in [4.69, 9.17) is 14.9 Å². The van der Waals surface area contributed by atoms with Crippen LogP contribution < -0.4 is 15.2 Å². The number of halogens is 2. The second-order valence-corrected chi connectivity index (χ2v) is 9.07. The Morgan fingerprint density at radius 1 is 1.29 bits per heavy atom. The third kappa shape index (κ3) is 4.89. The predicted molar refractivity (Wildman–Crippen MR) is 130 cm³/mol. The minimum absolute atomic E-state index is 0.255. The number of nitrogens with one attached hydrogen (secondary N) is 1. The van der Waals surface area contributed by atoms with Crippen LogP contribution in [0.1, 0.15) is 12.5 Å². The fourth-order valence-electron chi connectivity index (χ4n) is 3.03. The molecular weight excluding hydrogens is 532 g/mol. The van der Waals surface area contributed by atoms with Crippen LogP contribution >= 0.6 is 34.5 Å². The zero-order valence-electron chi connectivity index (χ0n) is 16.4. The summed E-state index contributed by atoms with van der Waals surface area (Å²) in [5, 5.41) is 10.4. The molecule has 160 valence electrons. The van der Waals surface area contributed by atoms with Gasteiger partial charge in [-0.1, -0.05) is 18.2 Å². The van der Waals surface area contributed by atoms with E-state index in [2.05, 4.69) is 32.3 Å². The van der Waals surface area contributed by atoms with E-state index in [9.17, 15) is 9.50 Å². The number of furan rings is 1. The van der Waals surface area contributed by atoms with Gasteiger partial charge in [0.1, 0.15) is 29.4 Å². The normalized spacial score (nSPS) is 12.1. The monoisotopic (exact) mass is 551 g/mol. The molecular formula is C22H19FIN3O3S. The molecule has 2 aromatic carbocycles. The topological polar surface area (TPSA) is 93.5 Å². The maximum absolute atomic E-state index is 13.2. The van der Waals surface area contributed by atoms with E-state index in [0.717, 1.165) is 37.6 Å². The smallest absolute Gasteiger partial charge is 0.153 e. The van der Waals surface area contributed by atoms with Gasteiger partial charge in [0.05, 0.1) is 20.9 Å². The molecule has 4 N–H and O–H groups in total. The second-order valence-electron chi connectivity index (χ2n) is 6.79. The van der Waals surface area contributed by atoms with Gasteiger partial charge in [-0.25, -0.2) is 9.37 Å². The lowest BCUT2D eigenvalue weighted by Gasteiger charge is -2.15. The first-order valence-electron chi connectivity index (χ1n) is 9.35. The van der Waals surface area contributed by atoms with Gasteiger partial charge in [0, 0.05) is 11.8 Å². The van der Waals surface area contributed by atoms with Crippen LogP contribution in [0.5, 0.6) is 5.75 Å². The SMILES string of the molecule is C[C@H](O)SNc1ccc(-c2coc3c(I)cnc(N)c23)cc1OCc1ccc(F)cc1. The number of nitrogen functional groups attached to an aromatic ring is 1. The number of ether oxygens (including phenoxy) is 1. The highest BCUT2D eigenvalue weighted by Crippen LogP contribution is 2.39. The standard InChI is InChI=1S/C22H19FIN3O3S/c1-12(28)31-27-18-7-4-14(8-19(18)29-10-13-2-5-15(23)6-3-13)16-11-30-21-17(24)9-26-22(25)20(16)21/h2-9,11-12,27-28H,10H2,1H3,(H2,25,26)/t12-/m1/s1. The lowest BCUT2D eigenvalue weighted by Crippen LogP contribution is -2.02. The molecule has 1 atom stereocenters. The number of rotatable bonds is 7. The van der Waals surface area contributed by atoms with E-state index in [1.165, 1.54) is 12.1 Å². The quantitative estimate of drug-likeness (QED) is 0.152. The highest BCUT2D eigenvalue weighted by Gasteiger charge is 2.17. The molecule has 0 aliphatic rings. The first kappa shape index (κ1) is 21.7. The van der Waals surface area contributed by atoms with Crippen LogP contribution in [0.4, 0.5) is 15.9 Å². The number of fused-ring (bicyclic) bond motifs is 1. The fraction of sp³-hybridized carbons (Fsp3) is 0.136. The summed E-state index contributed by atoms with van der Waals surface area (Å²) < 4.78 is 29.0. The van der Waals surface area contributed by atoms with Crippen LogP contribution in [0.3, 0.4) is 0 Å². The average Bonchev–Trinajstić information content (AvgIpc) is 3.21. The summed E-state index contributed by atoms with van der Waals surface area (Å²) in [5.74, 6) is 0.662. The first-order chi connectivity index (χ1) is 14.9. The molecule has 6 nitrogen and oxygen atoms in total. The van der Waals surface area contributed by atoms with Crippen molar-refractivity contribution in [3.05, 3.63) is 69.9 Å². The Morgan fingerprint density at radius 2 is 2.06 bits per heavy atom. The predicted octanol–water partition coefficient (Wildman–Crippen LogP) is 5.80. The lowest BCUT2D eigenvalue weighted by atomic mass is 10.0. The zero-order chi connectivity index (χ0) is 22.0. The molecule has 0 spiro atoms. The molecule has 0 bridgehead atoms. The highest BCUT2D eigenvalue weighted by atomic mass is 127. The molecule has 2 aromatic heterocycles. The molecule has 0 unspecified atom stereocenters. The van der Waals surface area contributed by atoms with Crippen molar-refractivity contribution in [2.24, 2.45) is 0 Å². The van der Waals surface area contributed by atoms with Crippen LogP contribution in [0.25, 0.3) is 22.1 Å². The number of aromatic nitrogens is 1. The van der Waals surface area contributed by atoms with Crippen molar-refractivity contribution in [1.82, 2.24) is 4.98 Å². The minimum atomic E-state index is -0.601. The minimum Gasteiger partial charge on any atom is -0.487 e. The Bertz CT molecular complexity index is 1210. The van der Waals surface area contributed by atoms with Crippen LogP contribution in [0.15, 0.2) is 59.3 Å². The Balaban J connectivity index is 1.70. The molecule has 0 aliphatic heterocycles. The molecule has 0 aliphatic carbocycles. The molecule has 0 radical (unpaired) electrons. The molecule has 0 saturated heterocycles. The van der Waals surface area contributed by atoms with Crippen molar-refractivity contribution in [3.63, 3.8) is 0 Å². The average molecular weight is 551 g/mol. The number of hydrogen-bond donors (Lipinski definition) is 3. The summed E-state index contributed by atoms with van der Waals surface area (Å²) in [6, 6.07) is 11.8. The second kappa shape index (κ2) is 9.33. The van der Waals surface area contributed by atoms with Crippen molar-refractivity contribution in [2.75, 3.05) is 10.5 Å². The van der Waals surface area contributed by atoms with E-state index < -0.39 is 5.44 Å². The van der Waals surface area contributed by atoms with Gasteiger partial charge in [-0.3, -0.25) is 0 Å². The van der Waals surface area contributed by atoms with E-state index in [-0.39, 0.29) is 12.4 Å². The van der Waals surface area contributed by atoms with E-state index >= 15 is 0 Å². The Labute approximate surface area is 196 Å². The Kier molecular flexibility index (Phi) is 6.54. The Morgan fingerprint density at radius 3 is 2.81 bits per heavy atom. The zero-order valence-corrected chi connectivity index (χ0v) is 19.4. The number of pyridine rings is 1. The molecule has 2 heterocycles. The maximum Gasteiger partial charge on any atom is 0.153 e. The van der Waals surface area contributed by atoms with Crippen molar-refractivity contribution in [3.8, 4) is 16.9 Å². The van der Waals surface area contributed by atoms with E-state index in [0.29, 0.717) is 22.8 Å². The number of anilines is 2. The molecule has 0 saturated carbocycles. The number of aliphatic hydroxyl groups excluding tert-OH is 1. The summed E-state index contributed by atoms with van der Waals surface area (Å²) in [6.07, 6.45) is 3.32. The molecule has 4 rings (SSSR count). The number of nitrogens with two attached hydrogens (primary N) is 1. The third-order valence-corrected chi connectivity index (χ3v) is 5.97. The van der Waals surface area contributed by atoms with Crippen molar-refractivity contribution >= 4 is 57.0 Å². The van der Waals surface area contributed by atoms with Gasteiger partial charge >= 0.3 is 0 Å². The summed E-state index contributed by atoms with van der Waals surface area (Å²) >= 11 is 3.32. The van der Waals surface area contributed by atoms with E-state index in [1.54, 1.807) is 31.5 Å². The van der Waals surface area contributed by atoms with Crippen molar-refractivity contribution in [2.45, 2.75) is 19.0 Å². The summed E-state index contributed by atoms with van der Waals surface area (Å²) in [5.41, 5.74) is 9.39. The van der Waals surface area contributed by atoms with Crippen LogP contribution in [-0.4, -0.2) is 15.5 Å². The summed E-state index contributed by atoms with van der Waals surface area (Å²) in [6.45, 7) is 1.92. The largest absolute Gasteiger partial charge is 0.487 e. The summed E-state index contributed by atoms with van der Waals surface area (Å²) in [7, 11) is 0. The molecule has 0 amide bonds. The van der Waals surface area contributed by atoms with Gasteiger partial charge in [-0.05, 0) is 76.9 Å². The molecule has 4 aromatic rings. The molecule has 31 heavy (non-hydrogen) atoms. The summed E-state index contributed by atoms with van der Waals surface area (Å²) in [4.78, 5) is 4.24. The van der Waals surface area contributed by atoms with Crippen LogP contribution in [0.2, 0.25) is 0 Å². The third-order valence-electron chi connectivity index (χ3n) is 4.52. The van der Waals surface area contributed by atoms with Gasteiger partial charge in [-0.15, -0.1) is 0 Å². The number of benzene rings is 2. The van der Waals surface area contributed by atoms with E-state index in [1.807, 2.05) is 18.2 Å². The van der Waals surface area contributed by atoms with Gasteiger partial charge in [0.2, 0.25) is 0 Å². The van der Waals surface area contributed by atoms with Crippen molar-refractivity contribution in [1.29, 1.82) is 0 Å². The number of hydrogen-bond acceptors (Lipinski definition) is 7. The van der Waals surface area contributed by atoms with Crippen LogP contribution in [0, 0.1) is 9.39 Å². The van der Waals surface area contributed by atoms with Gasteiger partial charge in [-0.2, -0.15) is 0 Å². The van der Waals surface area contributed by atoms with Gasteiger partial charge in [0.25, 0.3) is 0 Å². The Hall–Kier alpha value is -2.50. The first-order valence-corrected chi connectivity index (χ1v) is 11.3. The van der Waals surface area contributed by atoms with Crippen LogP contribution in [-0.2, 0) is 6.61 Å². The number of nitrogens with zero attached hydrogens (tertiary/aromatic N) is 1.